The van der Waals surface area contributed by atoms with Crippen LogP contribution in [0.5, 0.6) is 0 Å². The first kappa shape index (κ1) is 28.3. The number of halogens is 1. The van der Waals surface area contributed by atoms with E-state index in [4.69, 9.17) is 0 Å². The molecular formula is C35H38FN3O2. The number of fused-ring (bicyclic) bond motifs is 2. The highest BCUT2D eigenvalue weighted by Crippen LogP contribution is 2.31. The van der Waals surface area contributed by atoms with Gasteiger partial charge in [-0.2, -0.15) is 0 Å². The fourth-order valence-electron chi connectivity index (χ4n) is 5.41. The van der Waals surface area contributed by atoms with Crippen molar-refractivity contribution in [2.75, 3.05) is 6.54 Å². The predicted octanol–water partition coefficient (Wildman–Crippen LogP) is 8.40. The highest BCUT2D eigenvalue weighted by Gasteiger charge is 2.18. The summed E-state index contributed by atoms with van der Waals surface area (Å²) < 4.78 is 15.6. The molecule has 1 amide bonds. The number of carbonyl (C=O) groups is 2. The quantitative estimate of drug-likeness (QED) is 0.181. The second kappa shape index (κ2) is 11.4. The third kappa shape index (κ3) is 6.27. The van der Waals surface area contributed by atoms with Crippen molar-refractivity contribution in [1.82, 2.24) is 14.9 Å². The molecule has 0 saturated carbocycles. The van der Waals surface area contributed by atoms with Crippen molar-refractivity contribution in [3.8, 4) is 11.1 Å². The Morgan fingerprint density at radius 2 is 1.73 bits per heavy atom. The number of carbonyl (C=O) groups excluding carboxylic acids is 2. The molecule has 41 heavy (non-hydrogen) atoms. The van der Waals surface area contributed by atoms with Crippen LogP contribution in [-0.2, 0) is 7.05 Å². The minimum absolute atomic E-state index is 0.00650. The van der Waals surface area contributed by atoms with E-state index in [-0.39, 0.29) is 28.8 Å². The zero-order valence-corrected chi connectivity index (χ0v) is 24.5. The Kier molecular flexibility index (Phi) is 7.85. The molecule has 2 N–H and O–H groups in total. The third-order valence-electron chi connectivity index (χ3n) is 7.79. The lowest BCUT2D eigenvalue weighted by atomic mass is 9.93. The maximum atomic E-state index is 13.6. The Morgan fingerprint density at radius 1 is 0.976 bits per heavy atom. The van der Waals surface area contributed by atoms with Crippen molar-refractivity contribution < 1.29 is 14.0 Å². The van der Waals surface area contributed by atoms with E-state index in [2.05, 4.69) is 62.3 Å². The maximum Gasteiger partial charge on any atom is 0.253 e. The van der Waals surface area contributed by atoms with Gasteiger partial charge in [-0.15, -0.1) is 0 Å². The number of nitrogens with zero attached hydrogens (tertiary/aromatic N) is 1. The van der Waals surface area contributed by atoms with Gasteiger partial charge >= 0.3 is 0 Å². The molecule has 0 unspecified atom stereocenters. The lowest BCUT2D eigenvalue weighted by molar-refractivity contribution is 0.0939. The number of aromatic amines is 1. The van der Waals surface area contributed by atoms with Crippen LogP contribution in [0.1, 0.15) is 79.2 Å². The minimum Gasteiger partial charge on any atom is -0.360 e. The van der Waals surface area contributed by atoms with Gasteiger partial charge < -0.3 is 14.9 Å². The van der Waals surface area contributed by atoms with Crippen LogP contribution in [0.3, 0.4) is 0 Å². The number of nitrogens with one attached hydrogen (secondary N) is 2. The summed E-state index contributed by atoms with van der Waals surface area (Å²) in [4.78, 5) is 29.4. The second-order valence-corrected chi connectivity index (χ2v) is 12.4. The van der Waals surface area contributed by atoms with Gasteiger partial charge in [0.2, 0.25) is 0 Å². The standard InChI is InChI=1S/C35H38FN3O2/c1-22(23-9-7-10-26(36)16-23)8-6-11-33(40)30-20-39(5)32-15-13-24(17-28(30)32)25-12-14-27-29(19-37-31(27)18-25)34(41)38-21-35(2,3)4/h7,9-10,12-20,22,37H,6,8,11,21H2,1-5H3,(H,38,41)/t22-/m1/s1. The van der Waals surface area contributed by atoms with Crippen LogP contribution in [0, 0.1) is 11.2 Å². The number of rotatable bonds is 9. The van der Waals surface area contributed by atoms with Crippen LogP contribution in [-0.4, -0.2) is 27.8 Å². The van der Waals surface area contributed by atoms with Gasteiger partial charge in [0.25, 0.3) is 5.91 Å². The topological polar surface area (TPSA) is 66.9 Å². The van der Waals surface area contributed by atoms with E-state index in [0.29, 0.717) is 18.5 Å². The summed E-state index contributed by atoms with van der Waals surface area (Å²) in [6.45, 7) is 8.94. The normalized spacial score (nSPS) is 12.6. The Balaban J connectivity index is 1.34. The Hall–Kier alpha value is -4.19. The fraction of sp³-hybridized carbons (Fsp3) is 0.314. The monoisotopic (exact) mass is 551 g/mol. The number of aromatic nitrogens is 2. The molecular weight excluding hydrogens is 513 g/mol. The van der Waals surface area contributed by atoms with Crippen molar-refractivity contribution in [1.29, 1.82) is 0 Å². The van der Waals surface area contributed by atoms with E-state index in [1.54, 1.807) is 18.3 Å². The first-order valence-corrected chi connectivity index (χ1v) is 14.3. The fourth-order valence-corrected chi connectivity index (χ4v) is 5.41. The van der Waals surface area contributed by atoms with Gasteiger partial charge in [-0.1, -0.05) is 58.0 Å². The molecule has 0 saturated heterocycles. The molecule has 5 nitrogen and oxygen atoms in total. The summed E-state index contributed by atoms with van der Waals surface area (Å²) in [5, 5.41) is 4.84. The van der Waals surface area contributed by atoms with Gasteiger partial charge in [-0.3, -0.25) is 9.59 Å². The van der Waals surface area contributed by atoms with Crippen LogP contribution < -0.4 is 5.32 Å². The molecule has 0 aliphatic carbocycles. The molecule has 3 aromatic carbocycles. The number of hydrogen-bond acceptors (Lipinski definition) is 2. The van der Waals surface area contributed by atoms with E-state index >= 15 is 0 Å². The van der Waals surface area contributed by atoms with Crippen molar-refractivity contribution in [2.24, 2.45) is 12.5 Å². The summed E-state index contributed by atoms with van der Waals surface area (Å²) in [6.07, 6.45) is 5.68. The Morgan fingerprint density at radius 3 is 2.49 bits per heavy atom. The van der Waals surface area contributed by atoms with Gasteiger partial charge in [-0.25, -0.2) is 4.39 Å². The molecule has 212 valence electrons. The second-order valence-electron chi connectivity index (χ2n) is 12.4. The summed E-state index contributed by atoms with van der Waals surface area (Å²) in [6, 6.07) is 19.0. The summed E-state index contributed by atoms with van der Waals surface area (Å²) in [5.41, 5.74) is 6.23. The number of ketones is 1. The van der Waals surface area contributed by atoms with Gasteiger partial charge in [0.05, 0.1) is 5.56 Å². The Bertz CT molecular complexity index is 1740. The first-order chi connectivity index (χ1) is 19.5. The average Bonchev–Trinajstić information content (AvgIpc) is 3.51. The summed E-state index contributed by atoms with van der Waals surface area (Å²) >= 11 is 0. The highest BCUT2D eigenvalue weighted by atomic mass is 19.1. The van der Waals surface area contributed by atoms with Crippen molar-refractivity contribution >= 4 is 33.5 Å². The molecule has 5 rings (SSSR count). The van der Waals surface area contributed by atoms with Gasteiger partial charge in [-0.05, 0) is 71.2 Å². The molecule has 0 aliphatic heterocycles. The van der Waals surface area contributed by atoms with Gasteiger partial charge in [0.1, 0.15) is 5.82 Å². The maximum absolute atomic E-state index is 13.6. The van der Waals surface area contributed by atoms with Gasteiger partial charge in [0.15, 0.2) is 5.78 Å². The molecule has 6 heteroatoms. The predicted molar refractivity (Wildman–Crippen MR) is 165 cm³/mol. The van der Waals surface area contributed by atoms with E-state index in [9.17, 15) is 14.0 Å². The van der Waals surface area contributed by atoms with Crippen molar-refractivity contribution in [2.45, 2.75) is 52.9 Å². The minimum atomic E-state index is -0.227. The van der Waals surface area contributed by atoms with Crippen molar-refractivity contribution in [3.05, 3.63) is 95.6 Å². The summed E-state index contributed by atoms with van der Waals surface area (Å²) in [5.74, 6) is -0.0110. The number of benzene rings is 3. The molecule has 0 bridgehead atoms. The average molecular weight is 552 g/mol. The van der Waals surface area contributed by atoms with E-state index in [1.165, 1.54) is 6.07 Å². The van der Waals surface area contributed by atoms with Crippen LogP contribution in [0.25, 0.3) is 32.9 Å². The largest absolute Gasteiger partial charge is 0.360 e. The number of hydrogen-bond donors (Lipinski definition) is 2. The lowest BCUT2D eigenvalue weighted by Gasteiger charge is -2.18. The van der Waals surface area contributed by atoms with Crippen LogP contribution in [0.2, 0.25) is 0 Å². The smallest absolute Gasteiger partial charge is 0.253 e. The number of aryl methyl sites for hydroxylation is 1. The first-order valence-electron chi connectivity index (χ1n) is 14.3. The third-order valence-corrected chi connectivity index (χ3v) is 7.79. The molecule has 0 spiro atoms. The SMILES string of the molecule is C[C@H](CCCC(=O)c1cn(C)c2ccc(-c3ccc4c(C(=O)NCC(C)(C)C)c[nH]c4c3)cc12)c1cccc(F)c1. The highest BCUT2D eigenvalue weighted by molar-refractivity contribution is 6.10. The molecule has 2 heterocycles. The van der Waals surface area contributed by atoms with E-state index in [0.717, 1.165) is 56.9 Å². The summed E-state index contributed by atoms with van der Waals surface area (Å²) in [7, 11) is 1.96. The molecule has 5 aromatic rings. The van der Waals surface area contributed by atoms with Crippen molar-refractivity contribution in [3.63, 3.8) is 0 Å². The number of amides is 1. The number of Topliss-reactive ketones (excluding diaryl/α,β-unsaturated/α-hetero) is 1. The number of H-pyrrole nitrogens is 1. The van der Waals surface area contributed by atoms with E-state index < -0.39 is 0 Å². The Labute approximate surface area is 240 Å². The molecule has 1 atom stereocenters. The molecule has 2 aromatic heterocycles. The molecule has 0 aliphatic rings. The van der Waals surface area contributed by atoms with Gasteiger partial charge in [0, 0.05) is 59.8 Å². The molecule has 0 fully saturated rings. The van der Waals surface area contributed by atoms with Crippen LogP contribution >= 0.6 is 0 Å². The molecule has 0 radical (unpaired) electrons. The van der Waals surface area contributed by atoms with Crippen LogP contribution in [0.15, 0.2) is 73.1 Å². The van der Waals surface area contributed by atoms with Crippen LogP contribution in [0.4, 0.5) is 4.39 Å². The zero-order chi connectivity index (χ0) is 29.3. The lowest BCUT2D eigenvalue weighted by Crippen LogP contribution is -2.32. The van der Waals surface area contributed by atoms with E-state index in [1.807, 2.05) is 36.0 Å². The zero-order valence-electron chi connectivity index (χ0n) is 24.5.